The lowest BCUT2D eigenvalue weighted by molar-refractivity contribution is 0.0948. The Hall–Kier alpha value is -3.39. The van der Waals surface area contributed by atoms with Gasteiger partial charge in [0, 0.05) is 17.8 Å². The lowest BCUT2D eigenvalue weighted by atomic mass is 10.1. The molecule has 2 aromatic carbocycles. The number of anilines is 3. The molecular formula is C22H26N6O2. The molecule has 0 amide bonds. The quantitative estimate of drug-likeness (QED) is 0.622. The van der Waals surface area contributed by atoms with E-state index in [4.69, 9.17) is 10.5 Å². The summed E-state index contributed by atoms with van der Waals surface area (Å²) in [5.74, 6) is 0.785. The van der Waals surface area contributed by atoms with E-state index in [-0.39, 0.29) is 17.8 Å². The molecule has 8 heteroatoms. The van der Waals surface area contributed by atoms with E-state index in [9.17, 15) is 4.79 Å². The Balaban J connectivity index is 1.36. The normalized spacial score (nSPS) is 14.0. The van der Waals surface area contributed by atoms with Crippen LogP contribution >= 0.6 is 0 Å². The smallest absolute Gasteiger partial charge is 0.281 e. The molecule has 0 aliphatic carbocycles. The first kappa shape index (κ1) is 19.9. The van der Waals surface area contributed by atoms with Crippen LogP contribution < -0.4 is 15.8 Å². The van der Waals surface area contributed by atoms with E-state index < -0.39 is 0 Å². The predicted octanol–water partition coefficient (Wildman–Crippen LogP) is 3.08. The van der Waals surface area contributed by atoms with Gasteiger partial charge in [-0.25, -0.2) is 0 Å². The highest BCUT2D eigenvalue weighted by Gasteiger charge is 2.16. The molecule has 1 aliphatic heterocycles. The first-order valence-electron chi connectivity index (χ1n) is 10.1. The van der Waals surface area contributed by atoms with E-state index >= 15 is 0 Å². The molecule has 0 spiro atoms. The molecule has 2 heterocycles. The van der Waals surface area contributed by atoms with Gasteiger partial charge in [0.15, 0.2) is 0 Å². The third-order valence-corrected chi connectivity index (χ3v) is 5.07. The maximum absolute atomic E-state index is 12.7. The number of aromatic nitrogens is 3. The zero-order chi connectivity index (χ0) is 20.9. The van der Waals surface area contributed by atoms with Crippen molar-refractivity contribution in [3.8, 4) is 5.75 Å². The third-order valence-electron chi connectivity index (χ3n) is 5.07. The zero-order valence-corrected chi connectivity index (χ0v) is 17.0. The number of aryl methyl sites for hydroxylation is 1. The monoisotopic (exact) mass is 406 g/mol. The summed E-state index contributed by atoms with van der Waals surface area (Å²) in [5, 5.41) is 7.28. The number of hydrogen-bond donors (Lipinski definition) is 2. The van der Waals surface area contributed by atoms with Crippen LogP contribution in [0.1, 0.15) is 28.8 Å². The number of likely N-dealkylation sites (tertiary alicyclic amines) is 1. The molecule has 4 rings (SSSR count). The number of ether oxygens (including phenoxy) is 1. The molecule has 30 heavy (non-hydrogen) atoms. The van der Waals surface area contributed by atoms with E-state index in [0.29, 0.717) is 12.2 Å². The SMILES string of the molecule is Cc1cccc(C(=O)n2nc(Nc3ccc(OCCN4CCCC4)cc3)nc2N)c1. The second kappa shape index (κ2) is 8.96. The Morgan fingerprint density at radius 1 is 1.17 bits per heavy atom. The van der Waals surface area contributed by atoms with Gasteiger partial charge >= 0.3 is 0 Å². The van der Waals surface area contributed by atoms with Crippen molar-refractivity contribution in [3.63, 3.8) is 0 Å². The number of carbonyl (C=O) groups excluding carboxylic acids is 1. The van der Waals surface area contributed by atoms with E-state index in [1.165, 1.54) is 25.9 Å². The number of carbonyl (C=O) groups is 1. The van der Waals surface area contributed by atoms with Crippen LogP contribution in [0.5, 0.6) is 5.75 Å². The van der Waals surface area contributed by atoms with Gasteiger partial charge in [0.05, 0.1) is 0 Å². The van der Waals surface area contributed by atoms with Crippen molar-refractivity contribution in [3.05, 3.63) is 59.7 Å². The van der Waals surface area contributed by atoms with Gasteiger partial charge in [-0.05, 0) is 69.3 Å². The third kappa shape index (κ3) is 4.77. The Bertz CT molecular complexity index is 1010. The van der Waals surface area contributed by atoms with Gasteiger partial charge in [-0.2, -0.15) is 9.67 Å². The Kier molecular flexibility index (Phi) is 5.94. The minimum atomic E-state index is -0.321. The van der Waals surface area contributed by atoms with E-state index in [1.54, 1.807) is 12.1 Å². The van der Waals surface area contributed by atoms with E-state index in [2.05, 4.69) is 20.3 Å². The summed E-state index contributed by atoms with van der Waals surface area (Å²) in [7, 11) is 0. The average Bonchev–Trinajstić information content (AvgIpc) is 3.38. The van der Waals surface area contributed by atoms with Gasteiger partial charge in [0.25, 0.3) is 5.91 Å². The molecule has 1 fully saturated rings. The maximum Gasteiger partial charge on any atom is 0.281 e. The number of nitrogens with two attached hydrogens (primary N) is 1. The highest BCUT2D eigenvalue weighted by atomic mass is 16.5. The largest absolute Gasteiger partial charge is 0.492 e. The molecule has 0 bridgehead atoms. The number of benzene rings is 2. The summed E-state index contributed by atoms with van der Waals surface area (Å²) in [5.41, 5.74) is 8.18. The van der Waals surface area contributed by atoms with Gasteiger partial charge in [-0.1, -0.05) is 17.7 Å². The molecule has 0 atom stereocenters. The van der Waals surface area contributed by atoms with Crippen molar-refractivity contribution in [1.29, 1.82) is 0 Å². The highest BCUT2D eigenvalue weighted by Crippen LogP contribution is 2.20. The fourth-order valence-corrected chi connectivity index (χ4v) is 3.49. The van der Waals surface area contributed by atoms with Crippen LogP contribution in [0.15, 0.2) is 48.5 Å². The van der Waals surface area contributed by atoms with Crippen LogP contribution in [0.2, 0.25) is 0 Å². The van der Waals surface area contributed by atoms with Crippen LogP contribution in [0, 0.1) is 6.92 Å². The number of nitrogen functional groups attached to an aromatic ring is 1. The van der Waals surface area contributed by atoms with Crippen LogP contribution in [-0.2, 0) is 0 Å². The Labute approximate surface area is 175 Å². The number of rotatable bonds is 7. The van der Waals surface area contributed by atoms with Gasteiger partial charge in [-0.3, -0.25) is 9.69 Å². The number of nitrogens with one attached hydrogen (secondary N) is 1. The summed E-state index contributed by atoms with van der Waals surface area (Å²) in [6.07, 6.45) is 2.57. The molecule has 0 unspecified atom stereocenters. The topological polar surface area (TPSA) is 98.3 Å². The molecule has 1 aliphatic rings. The highest BCUT2D eigenvalue weighted by molar-refractivity contribution is 5.97. The Morgan fingerprint density at radius 2 is 1.93 bits per heavy atom. The second-order valence-electron chi connectivity index (χ2n) is 7.43. The fraction of sp³-hybridized carbons (Fsp3) is 0.318. The standard InChI is InChI=1S/C22H26N6O2/c1-16-5-4-6-17(15-16)20(29)28-21(23)25-22(26-28)24-18-7-9-19(10-8-18)30-14-13-27-11-2-3-12-27/h4-10,15H,2-3,11-14H2,1H3,(H3,23,24,25,26). The minimum absolute atomic E-state index is 0.0332. The van der Waals surface area contributed by atoms with Crippen molar-refractivity contribution in [2.75, 3.05) is 37.3 Å². The van der Waals surface area contributed by atoms with E-state index in [0.717, 1.165) is 28.2 Å². The summed E-state index contributed by atoms with van der Waals surface area (Å²) in [6.45, 7) is 5.89. The van der Waals surface area contributed by atoms with Crippen molar-refractivity contribution >= 4 is 23.5 Å². The summed E-state index contributed by atoms with van der Waals surface area (Å²) >= 11 is 0. The average molecular weight is 406 g/mol. The van der Waals surface area contributed by atoms with Crippen LogP contribution in [0.3, 0.4) is 0 Å². The first-order chi connectivity index (χ1) is 14.6. The predicted molar refractivity (Wildman–Crippen MR) is 116 cm³/mol. The molecule has 1 aromatic heterocycles. The Morgan fingerprint density at radius 3 is 2.67 bits per heavy atom. The fourth-order valence-electron chi connectivity index (χ4n) is 3.49. The number of nitrogens with zero attached hydrogens (tertiary/aromatic N) is 4. The summed E-state index contributed by atoms with van der Waals surface area (Å²) in [4.78, 5) is 19.2. The zero-order valence-electron chi connectivity index (χ0n) is 17.0. The summed E-state index contributed by atoms with van der Waals surface area (Å²) in [6, 6.07) is 14.8. The number of hydrogen-bond acceptors (Lipinski definition) is 7. The maximum atomic E-state index is 12.7. The van der Waals surface area contributed by atoms with Crippen LogP contribution in [0.25, 0.3) is 0 Å². The van der Waals surface area contributed by atoms with Gasteiger partial charge < -0.3 is 15.8 Å². The van der Waals surface area contributed by atoms with Crippen molar-refractivity contribution in [2.45, 2.75) is 19.8 Å². The first-order valence-corrected chi connectivity index (χ1v) is 10.1. The van der Waals surface area contributed by atoms with Crippen molar-refractivity contribution < 1.29 is 9.53 Å². The van der Waals surface area contributed by atoms with Crippen molar-refractivity contribution in [2.24, 2.45) is 0 Å². The molecule has 0 saturated carbocycles. The second-order valence-corrected chi connectivity index (χ2v) is 7.43. The minimum Gasteiger partial charge on any atom is -0.492 e. The molecule has 8 nitrogen and oxygen atoms in total. The molecule has 3 aromatic rings. The molecule has 156 valence electrons. The van der Waals surface area contributed by atoms with Gasteiger partial charge in [-0.15, -0.1) is 5.10 Å². The van der Waals surface area contributed by atoms with Gasteiger partial charge in [0.2, 0.25) is 11.9 Å². The molecule has 1 saturated heterocycles. The van der Waals surface area contributed by atoms with E-state index in [1.807, 2.05) is 43.3 Å². The lowest BCUT2D eigenvalue weighted by Gasteiger charge is -2.15. The van der Waals surface area contributed by atoms with Gasteiger partial charge in [0.1, 0.15) is 12.4 Å². The molecule has 3 N–H and O–H groups in total. The molecule has 0 radical (unpaired) electrons. The summed E-state index contributed by atoms with van der Waals surface area (Å²) < 4.78 is 6.92. The van der Waals surface area contributed by atoms with Crippen LogP contribution in [-0.4, -0.2) is 51.8 Å². The lowest BCUT2D eigenvalue weighted by Crippen LogP contribution is -2.25. The molecular weight excluding hydrogens is 380 g/mol. The van der Waals surface area contributed by atoms with Crippen molar-refractivity contribution in [1.82, 2.24) is 19.7 Å². The van der Waals surface area contributed by atoms with Crippen LogP contribution in [0.4, 0.5) is 17.6 Å².